The number of furan rings is 1. The van der Waals surface area contributed by atoms with Gasteiger partial charge in [-0.2, -0.15) is 0 Å². The molecule has 22 heavy (non-hydrogen) atoms. The fourth-order valence-corrected chi connectivity index (χ4v) is 2.05. The van der Waals surface area contributed by atoms with Crippen LogP contribution >= 0.6 is 23.2 Å². The number of amides is 1. The number of halogens is 2. The summed E-state index contributed by atoms with van der Waals surface area (Å²) in [7, 11) is 0. The summed E-state index contributed by atoms with van der Waals surface area (Å²) in [5, 5.41) is 2.94. The SMILES string of the molecule is C[C@@H](OC(=O)c1cccc(Cl)c1Cl)C(=O)NCc1ccco1. The quantitative estimate of drug-likeness (QED) is 0.845. The van der Waals surface area contributed by atoms with E-state index in [9.17, 15) is 9.59 Å². The normalized spacial score (nSPS) is 11.8. The molecule has 116 valence electrons. The Balaban J connectivity index is 1.93. The molecule has 0 saturated heterocycles. The van der Waals surface area contributed by atoms with Crippen molar-refractivity contribution in [3.63, 3.8) is 0 Å². The second kappa shape index (κ2) is 7.33. The van der Waals surface area contributed by atoms with Gasteiger partial charge in [-0.15, -0.1) is 0 Å². The minimum atomic E-state index is -0.975. The van der Waals surface area contributed by atoms with Gasteiger partial charge in [-0.05, 0) is 31.2 Å². The maximum atomic E-state index is 12.0. The van der Waals surface area contributed by atoms with Crippen molar-refractivity contribution in [3.8, 4) is 0 Å². The van der Waals surface area contributed by atoms with Gasteiger partial charge in [-0.1, -0.05) is 29.3 Å². The molecule has 1 N–H and O–H groups in total. The van der Waals surface area contributed by atoms with E-state index in [1.807, 2.05) is 0 Å². The Morgan fingerprint density at radius 3 is 2.73 bits per heavy atom. The van der Waals surface area contributed by atoms with Crippen LogP contribution in [0.15, 0.2) is 41.0 Å². The van der Waals surface area contributed by atoms with E-state index in [4.69, 9.17) is 32.4 Å². The average Bonchev–Trinajstić information content (AvgIpc) is 3.00. The zero-order valence-corrected chi connectivity index (χ0v) is 13.1. The first-order chi connectivity index (χ1) is 10.5. The van der Waals surface area contributed by atoms with Gasteiger partial charge in [0.2, 0.25) is 0 Å². The van der Waals surface area contributed by atoms with Crippen molar-refractivity contribution in [2.24, 2.45) is 0 Å². The lowest BCUT2D eigenvalue weighted by atomic mass is 10.2. The van der Waals surface area contributed by atoms with Crippen molar-refractivity contribution in [2.75, 3.05) is 0 Å². The maximum Gasteiger partial charge on any atom is 0.340 e. The summed E-state index contributed by atoms with van der Waals surface area (Å²) in [5.74, 6) is -0.555. The lowest BCUT2D eigenvalue weighted by Crippen LogP contribution is -2.35. The third-order valence-corrected chi connectivity index (χ3v) is 3.66. The summed E-state index contributed by atoms with van der Waals surface area (Å²) in [6.45, 7) is 1.68. The highest BCUT2D eigenvalue weighted by atomic mass is 35.5. The van der Waals surface area contributed by atoms with Crippen molar-refractivity contribution in [1.29, 1.82) is 0 Å². The van der Waals surface area contributed by atoms with Gasteiger partial charge in [0, 0.05) is 0 Å². The molecule has 7 heteroatoms. The van der Waals surface area contributed by atoms with Crippen LogP contribution in [-0.4, -0.2) is 18.0 Å². The van der Waals surface area contributed by atoms with E-state index in [0.717, 1.165) is 0 Å². The number of esters is 1. The van der Waals surface area contributed by atoms with Gasteiger partial charge in [0.05, 0.1) is 28.4 Å². The van der Waals surface area contributed by atoms with E-state index in [2.05, 4.69) is 5.32 Å². The Kier molecular flexibility index (Phi) is 5.46. The van der Waals surface area contributed by atoms with Crippen LogP contribution in [0.2, 0.25) is 10.0 Å². The van der Waals surface area contributed by atoms with Gasteiger partial charge >= 0.3 is 5.97 Å². The first-order valence-electron chi connectivity index (χ1n) is 6.44. The Labute approximate surface area is 137 Å². The first kappa shape index (κ1) is 16.4. The molecule has 2 rings (SSSR count). The number of carbonyl (C=O) groups is 2. The zero-order valence-electron chi connectivity index (χ0n) is 11.6. The fraction of sp³-hybridized carbons (Fsp3) is 0.200. The highest BCUT2D eigenvalue weighted by Crippen LogP contribution is 2.26. The average molecular weight is 342 g/mol. The third-order valence-electron chi connectivity index (χ3n) is 2.84. The smallest absolute Gasteiger partial charge is 0.340 e. The number of rotatable bonds is 5. The summed E-state index contributed by atoms with van der Waals surface area (Å²) in [4.78, 5) is 23.9. The molecule has 0 fully saturated rings. The summed E-state index contributed by atoms with van der Waals surface area (Å²) in [5.41, 5.74) is 0.111. The number of hydrogen-bond acceptors (Lipinski definition) is 4. The molecule has 0 aliphatic carbocycles. The molecule has 0 bridgehead atoms. The molecule has 0 saturated carbocycles. The van der Waals surface area contributed by atoms with Crippen LogP contribution in [0, 0.1) is 0 Å². The van der Waals surface area contributed by atoms with Gasteiger partial charge in [0.1, 0.15) is 5.76 Å². The molecule has 0 aliphatic heterocycles. The second-order valence-corrected chi connectivity index (χ2v) is 5.23. The van der Waals surface area contributed by atoms with Gasteiger partial charge in [0.25, 0.3) is 5.91 Å². The Morgan fingerprint density at radius 1 is 1.27 bits per heavy atom. The maximum absolute atomic E-state index is 12.0. The number of nitrogens with one attached hydrogen (secondary N) is 1. The van der Waals surface area contributed by atoms with Crippen molar-refractivity contribution in [3.05, 3.63) is 58.0 Å². The summed E-state index contributed by atoms with van der Waals surface area (Å²) < 4.78 is 10.2. The van der Waals surface area contributed by atoms with Gasteiger partial charge in [-0.3, -0.25) is 4.79 Å². The fourth-order valence-electron chi connectivity index (χ4n) is 1.67. The van der Waals surface area contributed by atoms with E-state index in [1.54, 1.807) is 24.3 Å². The zero-order chi connectivity index (χ0) is 16.1. The van der Waals surface area contributed by atoms with E-state index in [0.29, 0.717) is 5.76 Å². The van der Waals surface area contributed by atoms with Crippen LogP contribution in [0.5, 0.6) is 0 Å². The second-order valence-electron chi connectivity index (χ2n) is 4.45. The Morgan fingerprint density at radius 2 is 2.05 bits per heavy atom. The lowest BCUT2D eigenvalue weighted by Gasteiger charge is -2.13. The predicted octanol–water partition coefficient (Wildman–Crippen LogP) is 3.45. The Hall–Kier alpha value is -1.98. The molecule has 1 aromatic heterocycles. The third kappa shape index (κ3) is 4.02. The molecular weight excluding hydrogens is 329 g/mol. The standard InChI is InChI=1S/C15H13Cl2NO4/c1-9(14(19)18-8-10-4-3-7-21-10)22-15(20)11-5-2-6-12(16)13(11)17/h2-7,9H,8H2,1H3,(H,18,19)/t9-/m1/s1. The van der Waals surface area contributed by atoms with E-state index < -0.39 is 18.0 Å². The van der Waals surface area contributed by atoms with Crippen LogP contribution < -0.4 is 5.32 Å². The largest absolute Gasteiger partial charge is 0.467 e. The lowest BCUT2D eigenvalue weighted by molar-refractivity contribution is -0.129. The number of carbonyl (C=O) groups excluding carboxylic acids is 2. The number of ether oxygens (including phenoxy) is 1. The van der Waals surface area contributed by atoms with Gasteiger partial charge in [-0.25, -0.2) is 4.79 Å². The Bertz CT molecular complexity index is 670. The summed E-state index contributed by atoms with van der Waals surface area (Å²) in [6.07, 6.45) is 0.532. The molecule has 0 aliphatic rings. The molecular formula is C15H13Cl2NO4. The van der Waals surface area contributed by atoms with Crippen molar-refractivity contribution >= 4 is 35.1 Å². The van der Waals surface area contributed by atoms with Crippen LogP contribution in [0.1, 0.15) is 23.0 Å². The molecule has 1 heterocycles. The number of benzene rings is 1. The molecule has 0 unspecified atom stereocenters. The minimum Gasteiger partial charge on any atom is -0.467 e. The van der Waals surface area contributed by atoms with E-state index in [-0.39, 0.29) is 22.2 Å². The highest BCUT2D eigenvalue weighted by molar-refractivity contribution is 6.43. The van der Waals surface area contributed by atoms with E-state index >= 15 is 0 Å². The first-order valence-corrected chi connectivity index (χ1v) is 7.19. The molecule has 5 nitrogen and oxygen atoms in total. The molecule has 1 atom stereocenters. The topological polar surface area (TPSA) is 68.5 Å². The molecule has 2 aromatic rings. The molecule has 0 radical (unpaired) electrons. The van der Waals surface area contributed by atoms with Crippen molar-refractivity contribution in [2.45, 2.75) is 19.6 Å². The van der Waals surface area contributed by atoms with Crippen molar-refractivity contribution < 1.29 is 18.7 Å². The summed E-state index contributed by atoms with van der Waals surface area (Å²) >= 11 is 11.8. The highest BCUT2D eigenvalue weighted by Gasteiger charge is 2.21. The summed E-state index contributed by atoms with van der Waals surface area (Å²) in [6, 6.07) is 8.05. The monoisotopic (exact) mass is 341 g/mol. The molecule has 1 aromatic carbocycles. The van der Waals surface area contributed by atoms with E-state index in [1.165, 1.54) is 19.3 Å². The predicted molar refractivity (Wildman–Crippen MR) is 81.9 cm³/mol. The van der Waals surface area contributed by atoms with Crippen LogP contribution in [0.4, 0.5) is 0 Å². The van der Waals surface area contributed by atoms with Gasteiger partial charge in [0.15, 0.2) is 6.10 Å². The van der Waals surface area contributed by atoms with Crippen LogP contribution in [0.25, 0.3) is 0 Å². The minimum absolute atomic E-state index is 0.0948. The molecule has 1 amide bonds. The molecule has 0 spiro atoms. The van der Waals surface area contributed by atoms with Gasteiger partial charge < -0.3 is 14.5 Å². The number of hydrogen-bond donors (Lipinski definition) is 1. The van der Waals surface area contributed by atoms with Crippen LogP contribution in [-0.2, 0) is 16.1 Å². The van der Waals surface area contributed by atoms with Crippen LogP contribution in [0.3, 0.4) is 0 Å². The van der Waals surface area contributed by atoms with Crippen molar-refractivity contribution in [1.82, 2.24) is 5.32 Å².